The van der Waals surface area contributed by atoms with E-state index in [1.54, 1.807) is 7.11 Å². The number of halogens is 2. The highest BCUT2D eigenvalue weighted by Crippen LogP contribution is 2.27. The fourth-order valence-electron chi connectivity index (χ4n) is 3.53. The van der Waals surface area contributed by atoms with Gasteiger partial charge in [-0.2, -0.15) is 0 Å². The standard InChI is InChI=1S/C16H31N3O2.2ClH/c1-13-3-5-14(6-4-13)18-7-9-19(10-8-18)16(20)11-15(12-17)21-2;;/h13-15H,3-12,17H2,1-2H3;2*1H. The van der Waals surface area contributed by atoms with Crippen molar-refractivity contribution in [1.82, 2.24) is 9.80 Å². The number of hydrogen-bond donors (Lipinski definition) is 1. The summed E-state index contributed by atoms with van der Waals surface area (Å²) in [6.45, 7) is 6.51. The molecule has 0 bridgehead atoms. The zero-order valence-corrected chi connectivity index (χ0v) is 16.0. The van der Waals surface area contributed by atoms with E-state index in [1.165, 1.54) is 25.7 Å². The highest BCUT2D eigenvalue weighted by atomic mass is 35.5. The van der Waals surface area contributed by atoms with Crippen molar-refractivity contribution in [2.75, 3.05) is 39.8 Å². The Kier molecular flexibility index (Phi) is 11.4. The van der Waals surface area contributed by atoms with E-state index in [1.807, 2.05) is 4.90 Å². The fraction of sp³-hybridized carbons (Fsp3) is 0.938. The topological polar surface area (TPSA) is 58.8 Å². The second-order valence-corrected chi connectivity index (χ2v) is 6.63. The van der Waals surface area contributed by atoms with Crippen molar-refractivity contribution in [1.29, 1.82) is 0 Å². The Balaban J connectivity index is 0.00000242. The molecule has 1 saturated carbocycles. The zero-order valence-electron chi connectivity index (χ0n) is 14.4. The van der Waals surface area contributed by atoms with Gasteiger partial charge in [0.15, 0.2) is 0 Å². The minimum absolute atomic E-state index is 0. The van der Waals surface area contributed by atoms with Crippen LogP contribution in [0.3, 0.4) is 0 Å². The van der Waals surface area contributed by atoms with E-state index in [4.69, 9.17) is 10.5 Å². The maximum atomic E-state index is 12.2. The molecule has 0 aromatic rings. The lowest BCUT2D eigenvalue weighted by molar-refractivity contribution is -0.135. The van der Waals surface area contributed by atoms with Gasteiger partial charge in [-0.1, -0.05) is 6.92 Å². The molecule has 0 spiro atoms. The number of hydrogen-bond acceptors (Lipinski definition) is 4. The molecule has 0 aromatic heterocycles. The van der Waals surface area contributed by atoms with E-state index in [9.17, 15) is 4.79 Å². The normalized spacial score (nSPS) is 26.8. The summed E-state index contributed by atoms with van der Waals surface area (Å²) in [6, 6.07) is 0.745. The van der Waals surface area contributed by atoms with E-state index in [2.05, 4.69) is 11.8 Å². The Morgan fingerprint density at radius 1 is 1.13 bits per heavy atom. The van der Waals surface area contributed by atoms with Crippen LogP contribution in [0.2, 0.25) is 0 Å². The van der Waals surface area contributed by atoms with E-state index in [0.717, 1.165) is 38.1 Å². The highest BCUT2D eigenvalue weighted by Gasteiger charge is 2.28. The van der Waals surface area contributed by atoms with Crippen LogP contribution in [-0.4, -0.2) is 67.7 Å². The van der Waals surface area contributed by atoms with E-state index in [-0.39, 0.29) is 36.8 Å². The minimum atomic E-state index is -0.143. The predicted molar refractivity (Wildman–Crippen MR) is 98.5 cm³/mol. The molecule has 1 saturated heterocycles. The third-order valence-corrected chi connectivity index (χ3v) is 5.17. The van der Waals surface area contributed by atoms with E-state index in [0.29, 0.717) is 13.0 Å². The van der Waals surface area contributed by atoms with Gasteiger partial charge >= 0.3 is 0 Å². The minimum Gasteiger partial charge on any atom is -0.380 e. The molecular weight excluding hydrogens is 337 g/mol. The average molecular weight is 370 g/mol. The quantitative estimate of drug-likeness (QED) is 0.803. The molecule has 138 valence electrons. The van der Waals surface area contributed by atoms with Crippen LogP contribution in [0.1, 0.15) is 39.0 Å². The lowest BCUT2D eigenvalue weighted by Crippen LogP contribution is -2.53. The number of nitrogens with two attached hydrogens (primary N) is 1. The summed E-state index contributed by atoms with van der Waals surface area (Å²) in [5.41, 5.74) is 5.59. The largest absolute Gasteiger partial charge is 0.380 e. The summed E-state index contributed by atoms with van der Waals surface area (Å²) >= 11 is 0. The maximum absolute atomic E-state index is 12.2. The van der Waals surface area contributed by atoms with Crippen molar-refractivity contribution in [3.8, 4) is 0 Å². The third kappa shape index (κ3) is 6.75. The van der Waals surface area contributed by atoms with E-state index < -0.39 is 0 Å². The Bertz CT molecular complexity index is 327. The highest BCUT2D eigenvalue weighted by molar-refractivity contribution is 5.85. The van der Waals surface area contributed by atoms with Gasteiger partial charge in [0.2, 0.25) is 5.91 Å². The number of rotatable bonds is 5. The van der Waals surface area contributed by atoms with Gasteiger partial charge < -0.3 is 15.4 Å². The van der Waals surface area contributed by atoms with Crippen LogP contribution in [-0.2, 0) is 9.53 Å². The van der Waals surface area contributed by atoms with Crippen molar-refractivity contribution >= 4 is 30.7 Å². The molecule has 2 aliphatic rings. The monoisotopic (exact) mass is 369 g/mol. The van der Waals surface area contributed by atoms with Crippen LogP contribution < -0.4 is 5.73 Å². The molecule has 1 atom stereocenters. The number of carbonyl (C=O) groups is 1. The Morgan fingerprint density at radius 3 is 2.17 bits per heavy atom. The molecule has 2 fully saturated rings. The molecule has 0 aromatic carbocycles. The van der Waals surface area contributed by atoms with Crippen LogP contribution in [0.4, 0.5) is 0 Å². The summed E-state index contributed by atoms with van der Waals surface area (Å²) in [5, 5.41) is 0. The molecular formula is C16H33Cl2N3O2. The Labute approximate surface area is 153 Å². The Morgan fingerprint density at radius 2 is 1.70 bits per heavy atom. The van der Waals surface area contributed by atoms with Crippen molar-refractivity contribution in [3.05, 3.63) is 0 Å². The molecule has 1 aliphatic carbocycles. The van der Waals surface area contributed by atoms with Crippen molar-refractivity contribution in [2.24, 2.45) is 11.7 Å². The first-order chi connectivity index (χ1) is 10.1. The van der Waals surface area contributed by atoms with Crippen molar-refractivity contribution in [2.45, 2.75) is 51.2 Å². The molecule has 1 amide bonds. The number of methoxy groups -OCH3 is 1. The number of nitrogens with zero attached hydrogens (tertiary/aromatic N) is 2. The van der Waals surface area contributed by atoms with Gasteiger partial charge in [-0.25, -0.2) is 0 Å². The molecule has 1 heterocycles. The third-order valence-electron chi connectivity index (χ3n) is 5.17. The van der Waals surface area contributed by atoms with Gasteiger partial charge in [0.25, 0.3) is 0 Å². The number of piperazine rings is 1. The van der Waals surface area contributed by atoms with Crippen LogP contribution in [0.15, 0.2) is 0 Å². The molecule has 1 aliphatic heterocycles. The van der Waals surface area contributed by atoms with Crippen LogP contribution in [0, 0.1) is 5.92 Å². The van der Waals surface area contributed by atoms with Crippen molar-refractivity contribution < 1.29 is 9.53 Å². The molecule has 7 heteroatoms. The molecule has 5 nitrogen and oxygen atoms in total. The zero-order chi connectivity index (χ0) is 15.2. The number of ether oxygens (including phenoxy) is 1. The predicted octanol–water partition coefficient (Wildman–Crippen LogP) is 1.92. The van der Waals surface area contributed by atoms with E-state index >= 15 is 0 Å². The SMILES string of the molecule is COC(CN)CC(=O)N1CCN(C2CCC(C)CC2)CC1.Cl.Cl. The smallest absolute Gasteiger partial charge is 0.225 e. The van der Waals surface area contributed by atoms with Gasteiger partial charge in [-0.3, -0.25) is 9.69 Å². The average Bonchev–Trinajstić information content (AvgIpc) is 2.53. The molecule has 23 heavy (non-hydrogen) atoms. The molecule has 0 radical (unpaired) electrons. The fourth-order valence-corrected chi connectivity index (χ4v) is 3.53. The van der Waals surface area contributed by atoms with Crippen LogP contribution in [0.25, 0.3) is 0 Å². The summed E-state index contributed by atoms with van der Waals surface area (Å²) in [7, 11) is 1.62. The first-order valence-corrected chi connectivity index (χ1v) is 8.38. The van der Waals surface area contributed by atoms with Gasteiger partial charge in [-0.05, 0) is 31.6 Å². The van der Waals surface area contributed by atoms with Gasteiger partial charge in [-0.15, -0.1) is 24.8 Å². The summed E-state index contributed by atoms with van der Waals surface area (Å²) in [4.78, 5) is 16.8. The summed E-state index contributed by atoms with van der Waals surface area (Å²) < 4.78 is 5.20. The second-order valence-electron chi connectivity index (χ2n) is 6.63. The number of carbonyl (C=O) groups excluding carboxylic acids is 1. The van der Waals surface area contributed by atoms with Crippen LogP contribution in [0.5, 0.6) is 0 Å². The molecule has 2 N–H and O–H groups in total. The lowest BCUT2D eigenvalue weighted by Gasteiger charge is -2.41. The molecule has 1 unspecified atom stereocenters. The molecule has 2 rings (SSSR count). The lowest BCUT2D eigenvalue weighted by atomic mass is 9.86. The first kappa shape index (κ1) is 22.9. The first-order valence-electron chi connectivity index (χ1n) is 8.38. The van der Waals surface area contributed by atoms with Crippen molar-refractivity contribution in [3.63, 3.8) is 0 Å². The van der Waals surface area contributed by atoms with Gasteiger partial charge in [0.1, 0.15) is 0 Å². The number of amides is 1. The summed E-state index contributed by atoms with van der Waals surface area (Å²) in [6.07, 6.45) is 5.64. The Hall–Kier alpha value is -0.0700. The maximum Gasteiger partial charge on any atom is 0.225 e. The van der Waals surface area contributed by atoms with Gasteiger partial charge in [0.05, 0.1) is 12.5 Å². The summed E-state index contributed by atoms with van der Waals surface area (Å²) in [5.74, 6) is 1.08. The second kappa shape index (κ2) is 11.5. The van der Waals surface area contributed by atoms with Crippen LogP contribution >= 0.6 is 24.8 Å². The van der Waals surface area contributed by atoms with Gasteiger partial charge in [0, 0.05) is 45.9 Å².